The number of nitrogens with zero attached hydrogens (tertiary/aromatic N) is 2. The summed E-state index contributed by atoms with van der Waals surface area (Å²) in [6.45, 7) is 13.9. The van der Waals surface area contributed by atoms with Gasteiger partial charge in [-0.05, 0) is 75.8 Å². The first kappa shape index (κ1) is 32.9. The van der Waals surface area contributed by atoms with E-state index in [0.717, 1.165) is 11.3 Å². The Balaban J connectivity index is 1.43. The first-order valence-corrected chi connectivity index (χ1v) is 15.7. The van der Waals surface area contributed by atoms with Crippen molar-refractivity contribution in [2.75, 3.05) is 23.9 Å². The number of halogens is 1. The van der Waals surface area contributed by atoms with Gasteiger partial charge in [0.25, 0.3) is 0 Å². The average Bonchev–Trinajstić information content (AvgIpc) is 3.36. The Morgan fingerprint density at radius 3 is 2.02 bits per heavy atom. The lowest BCUT2D eigenvalue weighted by atomic mass is 10.0. The minimum Gasteiger partial charge on any atom is -0.352 e. The molecule has 2 amide bonds. The molecule has 0 spiro atoms. The smallest absolute Gasteiger partial charge is 0.245 e. The van der Waals surface area contributed by atoms with E-state index < -0.39 is 6.04 Å². The van der Waals surface area contributed by atoms with Crippen LogP contribution in [-0.4, -0.2) is 59.6 Å². The molecule has 1 unspecified atom stereocenters. The van der Waals surface area contributed by atoms with E-state index in [-0.39, 0.29) is 42.4 Å². The first-order valence-electron chi connectivity index (χ1n) is 15.2. The summed E-state index contributed by atoms with van der Waals surface area (Å²) in [5.74, 6) is -0.998. The number of aryl methyl sites for hydroxylation is 6. The number of rotatable bonds is 12. The van der Waals surface area contributed by atoms with Crippen molar-refractivity contribution >= 4 is 46.9 Å². The van der Waals surface area contributed by atoms with Crippen LogP contribution in [0.15, 0.2) is 54.6 Å². The average molecular weight is 616 g/mol. The van der Waals surface area contributed by atoms with Crippen LogP contribution in [0.5, 0.6) is 0 Å². The molecule has 232 valence electrons. The van der Waals surface area contributed by atoms with Crippen molar-refractivity contribution in [3.05, 3.63) is 93.5 Å². The summed E-state index contributed by atoms with van der Waals surface area (Å²) in [4.78, 5) is 40.4. The van der Waals surface area contributed by atoms with Crippen molar-refractivity contribution in [1.29, 1.82) is 0 Å². The number of anilines is 1. The number of benzene rings is 3. The van der Waals surface area contributed by atoms with Gasteiger partial charge in [0.2, 0.25) is 18.2 Å². The molecule has 0 radical (unpaired) electrons. The van der Waals surface area contributed by atoms with Crippen LogP contribution >= 0.6 is 11.6 Å². The van der Waals surface area contributed by atoms with Crippen LogP contribution in [0.4, 0.5) is 11.4 Å². The Hall–Kier alpha value is -3.97. The molecule has 0 aromatic heterocycles. The summed E-state index contributed by atoms with van der Waals surface area (Å²) in [5, 5.41) is 5.85. The van der Waals surface area contributed by atoms with E-state index >= 15 is 0 Å². The molecule has 0 saturated heterocycles. The van der Waals surface area contributed by atoms with Crippen LogP contribution in [0.25, 0.3) is 0 Å². The SMILES string of the molecule is Cc1cc(C)c(N2C=[N+](c3c(C)cc(C)cc3C)CC2CNC(=O)CCC(=O)N[C@@H](Cc2ccccc2)C(=O)CCl)c(C)c1. The molecular formula is C36H44ClN4O3+. The number of carbonyl (C=O) groups excluding carboxylic acids is 3. The van der Waals surface area contributed by atoms with Gasteiger partial charge in [0.1, 0.15) is 17.9 Å². The Labute approximate surface area is 266 Å². The predicted molar refractivity (Wildman–Crippen MR) is 178 cm³/mol. The van der Waals surface area contributed by atoms with Crippen molar-refractivity contribution in [1.82, 2.24) is 10.6 Å². The fourth-order valence-corrected chi connectivity index (χ4v) is 6.55. The topological polar surface area (TPSA) is 81.5 Å². The molecule has 2 N–H and O–H groups in total. The van der Waals surface area contributed by atoms with Crippen molar-refractivity contribution in [2.24, 2.45) is 0 Å². The van der Waals surface area contributed by atoms with Crippen LogP contribution in [-0.2, 0) is 20.8 Å². The molecule has 0 aliphatic carbocycles. The normalized spacial score (nSPS) is 15.1. The summed E-state index contributed by atoms with van der Waals surface area (Å²) in [6.07, 6.45) is 2.53. The summed E-state index contributed by atoms with van der Waals surface area (Å²) in [6, 6.07) is 17.5. The molecule has 3 aromatic rings. The van der Waals surface area contributed by atoms with Gasteiger partial charge in [-0.2, -0.15) is 0 Å². The molecule has 0 saturated carbocycles. The van der Waals surface area contributed by atoms with Crippen molar-refractivity contribution in [3.8, 4) is 0 Å². The second kappa shape index (κ2) is 14.7. The Morgan fingerprint density at radius 2 is 1.43 bits per heavy atom. The molecule has 0 fully saturated rings. The third-order valence-electron chi connectivity index (χ3n) is 8.13. The van der Waals surface area contributed by atoms with Gasteiger partial charge in [-0.1, -0.05) is 65.7 Å². The van der Waals surface area contributed by atoms with Crippen LogP contribution in [0.2, 0.25) is 0 Å². The molecule has 44 heavy (non-hydrogen) atoms. The zero-order valence-corrected chi connectivity index (χ0v) is 27.4. The van der Waals surface area contributed by atoms with Gasteiger partial charge in [-0.15, -0.1) is 11.6 Å². The Bertz CT molecular complexity index is 1520. The van der Waals surface area contributed by atoms with E-state index in [0.29, 0.717) is 19.5 Å². The Morgan fingerprint density at radius 1 is 0.864 bits per heavy atom. The Kier molecular flexibility index (Phi) is 11.0. The van der Waals surface area contributed by atoms with Crippen molar-refractivity contribution < 1.29 is 19.0 Å². The summed E-state index contributed by atoms with van der Waals surface area (Å²) in [7, 11) is 0. The second-order valence-electron chi connectivity index (χ2n) is 12.0. The van der Waals surface area contributed by atoms with Crippen molar-refractivity contribution in [2.45, 2.75) is 72.9 Å². The van der Waals surface area contributed by atoms with Gasteiger partial charge in [-0.25, -0.2) is 9.48 Å². The number of hydrogen-bond acceptors (Lipinski definition) is 4. The first-order chi connectivity index (χ1) is 21.0. The number of amides is 2. The quantitative estimate of drug-likeness (QED) is 0.207. The largest absolute Gasteiger partial charge is 0.352 e. The highest BCUT2D eigenvalue weighted by Gasteiger charge is 2.37. The van der Waals surface area contributed by atoms with E-state index in [1.807, 2.05) is 30.3 Å². The van der Waals surface area contributed by atoms with Gasteiger partial charge in [0.15, 0.2) is 11.8 Å². The minimum atomic E-state index is -0.728. The zero-order valence-electron chi connectivity index (χ0n) is 26.7. The summed E-state index contributed by atoms with van der Waals surface area (Å²) < 4.78 is 2.29. The molecule has 2 atom stereocenters. The van der Waals surface area contributed by atoms with Gasteiger partial charge < -0.3 is 10.6 Å². The molecule has 0 bridgehead atoms. The monoisotopic (exact) mass is 615 g/mol. The highest BCUT2D eigenvalue weighted by atomic mass is 35.5. The van der Waals surface area contributed by atoms with Crippen LogP contribution in [0, 0.1) is 41.5 Å². The molecule has 3 aromatic carbocycles. The molecule has 1 aliphatic rings. The zero-order chi connectivity index (χ0) is 32.0. The number of carbonyl (C=O) groups is 3. The molecule has 7 nitrogen and oxygen atoms in total. The molecule has 4 rings (SSSR count). The standard InChI is InChI=1S/C36H43ClN4O3/c1-23-14-25(3)35(26(4)15-23)40-21-30(41(22-40)36-27(5)16-24(2)17-28(36)6)20-38-33(43)12-13-34(44)39-31(32(42)19-37)18-29-10-8-7-9-11-29/h7-11,14-17,22,30-31H,12-13,18-21H2,1-6H3,(H-,38,39,43,44)/p+1/t30?,31-/m0/s1. The highest BCUT2D eigenvalue weighted by Crippen LogP contribution is 2.32. The lowest BCUT2D eigenvalue weighted by Crippen LogP contribution is -2.44. The summed E-state index contributed by atoms with van der Waals surface area (Å²) in [5.41, 5.74) is 10.5. The number of ketones is 1. The van der Waals surface area contributed by atoms with Crippen LogP contribution in [0.3, 0.4) is 0 Å². The molecule has 1 heterocycles. The maximum absolute atomic E-state index is 13.0. The van der Waals surface area contributed by atoms with E-state index in [1.165, 1.54) is 39.1 Å². The minimum absolute atomic E-state index is 0.00965. The lowest BCUT2D eigenvalue weighted by Gasteiger charge is -2.21. The lowest BCUT2D eigenvalue weighted by molar-refractivity contribution is -0.429. The molecule has 1 aliphatic heterocycles. The van der Waals surface area contributed by atoms with E-state index in [1.54, 1.807) is 0 Å². The number of hydrogen-bond donors (Lipinski definition) is 2. The van der Waals surface area contributed by atoms with E-state index in [2.05, 4.69) is 92.3 Å². The predicted octanol–water partition coefficient (Wildman–Crippen LogP) is 5.53. The van der Waals surface area contributed by atoms with Gasteiger partial charge >= 0.3 is 0 Å². The molecule has 8 heteroatoms. The van der Waals surface area contributed by atoms with E-state index in [4.69, 9.17) is 11.6 Å². The second-order valence-corrected chi connectivity index (χ2v) is 12.3. The van der Waals surface area contributed by atoms with Gasteiger partial charge in [0.05, 0.1) is 18.5 Å². The fraction of sp³-hybridized carbons (Fsp3) is 0.389. The summed E-state index contributed by atoms with van der Waals surface area (Å²) >= 11 is 5.81. The van der Waals surface area contributed by atoms with Gasteiger partial charge in [-0.3, -0.25) is 14.4 Å². The van der Waals surface area contributed by atoms with Crippen LogP contribution in [0.1, 0.15) is 51.8 Å². The van der Waals surface area contributed by atoms with Crippen LogP contribution < -0.4 is 15.5 Å². The third kappa shape index (κ3) is 8.14. The number of Topliss-reactive ketones (excluding diaryl/α,β-unsaturated/α-hetero) is 1. The fourth-order valence-electron chi connectivity index (χ4n) is 6.37. The number of nitrogens with one attached hydrogen (secondary N) is 2. The van der Waals surface area contributed by atoms with Crippen molar-refractivity contribution in [3.63, 3.8) is 0 Å². The maximum Gasteiger partial charge on any atom is 0.245 e. The van der Waals surface area contributed by atoms with E-state index in [9.17, 15) is 14.4 Å². The molecular weight excluding hydrogens is 572 g/mol. The highest BCUT2D eigenvalue weighted by molar-refractivity contribution is 6.28. The number of alkyl halides is 1. The van der Waals surface area contributed by atoms with Gasteiger partial charge in [0, 0.05) is 12.8 Å². The third-order valence-corrected chi connectivity index (χ3v) is 8.40. The maximum atomic E-state index is 13.0.